The number of ketones is 1. The van der Waals surface area contributed by atoms with Crippen molar-refractivity contribution in [2.45, 2.75) is 102 Å². The molecule has 3 aliphatic rings. The zero-order valence-corrected chi connectivity index (χ0v) is 25.6. The van der Waals surface area contributed by atoms with Crippen molar-refractivity contribution in [2.75, 3.05) is 39.3 Å². The zero-order chi connectivity index (χ0) is 29.5. The molecule has 0 saturated carbocycles. The van der Waals surface area contributed by atoms with Gasteiger partial charge in [-0.05, 0) is 145 Å². The molecule has 0 spiro atoms. The van der Waals surface area contributed by atoms with Crippen LogP contribution < -0.4 is 10.1 Å². The van der Waals surface area contributed by atoms with Crippen LogP contribution in [0.15, 0.2) is 42.5 Å². The van der Waals surface area contributed by atoms with E-state index in [2.05, 4.69) is 15.1 Å². The Morgan fingerprint density at radius 2 is 1.79 bits per heavy atom. The number of ether oxygens (including phenoxy) is 1. The predicted octanol–water partition coefficient (Wildman–Crippen LogP) is 6.28. The van der Waals surface area contributed by atoms with Crippen molar-refractivity contribution in [3.8, 4) is 5.75 Å². The quantitative estimate of drug-likeness (QED) is 0.358. The van der Waals surface area contributed by atoms with E-state index < -0.39 is 17.0 Å². The van der Waals surface area contributed by atoms with Gasteiger partial charge in [-0.1, -0.05) is 24.6 Å². The first-order chi connectivity index (χ1) is 20.3. The lowest BCUT2D eigenvalue weighted by atomic mass is 9.69. The molecule has 5 nitrogen and oxygen atoms in total. The number of nitrogens with zero attached hydrogens (tertiary/aromatic N) is 2. The minimum atomic E-state index is -0.823. The molecule has 0 aromatic heterocycles. The van der Waals surface area contributed by atoms with E-state index in [9.17, 15) is 13.6 Å². The first kappa shape index (κ1) is 31.1. The number of hydrogen-bond donors (Lipinski definition) is 1. The van der Waals surface area contributed by atoms with Crippen molar-refractivity contribution in [3.63, 3.8) is 0 Å². The smallest absolute Gasteiger partial charge is 0.159 e. The number of likely N-dealkylation sites (tertiary alicyclic amines) is 2. The lowest BCUT2D eigenvalue weighted by Crippen LogP contribution is -2.48. The third-order valence-corrected chi connectivity index (χ3v) is 9.76. The lowest BCUT2D eigenvalue weighted by Gasteiger charge is -2.42. The van der Waals surface area contributed by atoms with Gasteiger partial charge in [-0.25, -0.2) is 8.78 Å². The maximum absolute atomic E-state index is 14.6. The van der Waals surface area contributed by atoms with Gasteiger partial charge >= 0.3 is 0 Å². The Morgan fingerprint density at radius 1 is 1.00 bits per heavy atom. The summed E-state index contributed by atoms with van der Waals surface area (Å²) in [5.74, 6) is -0.731. The second-order valence-electron chi connectivity index (χ2n) is 13.1. The van der Waals surface area contributed by atoms with Crippen LogP contribution in [-0.4, -0.2) is 73.0 Å². The van der Waals surface area contributed by atoms with Crippen LogP contribution >= 0.6 is 0 Å². The molecule has 1 N–H and O–H groups in total. The van der Waals surface area contributed by atoms with Crippen LogP contribution in [0.3, 0.4) is 0 Å². The first-order valence-electron chi connectivity index (χ1n) is 16.2. The molecule has 2 atom stereocenters. The molecule has 42 heavy (non-hydrogen) atoms. The van der Waals surface area contributed by atoms with Crippen molar-refractivity contribution in [3.05, 3.63) is 65.2 Å². The summed E-state index contributed by atoms with van der Waals surface area (Å²) < 4.78 is 34.5. The van der Waals surface area contributed by atoms with Crippen molar-refractivity contribution in [2.24, 2.45) is 0 Å². The molecule has 3 heterocycles. The Morgan fingerprint density at radius 3 is 2.52 bits per heavy atom. The number of halogens is 2. The van der Waals surface area contributed by atoms with Crippen molar-refractivity contribution in [1.82, 2.24) is 15.1 Å². The maximum Gasteiger partial charge on any atom is 0.159 e. The Hall–Kier alpha value is -2.35. The van der Waals surface area contributed by atoms with Gasteiger partial charge in [-0.2, -0.15) is 0 Å². The highest BCUT2D eigenvalue weighted by atomic mass is 19.2. The molecule has 230 valence electrons. The number of benzene rings is 2. The number of rotatable bonds is 10. The number of nitrogens with one attached hydrogen (secondary N) is 1. The van der Waals surface area contributed by atoms with Crippen LogP contribution in [0.5, 0.6) is 5.75 Å². The third-order valence-electron chi connectivity index (χ3n) is 9.76. The molecule has 3 aliphatic heterocycles. The average Bonchev–Trinajstić information content (AvgIpc) is 3.22. The zero-order valence-electron chi connectivity index (χ0n) is 25.6. The molecule has 3 saturated heterocycles. The highest BCUT2D eigenvalue weighted by Gasteiger charge is 2.39. The van der Waals surface area contributed by atoms with Crippen LogP contribution in [0.25, 0.3) is 0 Å². The van der Waals surface area contributed by atoms with E-state index in [0.29, 0.717) is 18.9 Å². The molecule has 7 heteroatoms. The van der Waals surface area contributed by atoms with Gasteiger partial charge in [0.2, 0.25) is 0 Å². The van der Waals surface area contributed by atoms with Crippen LogP contribution in [0, 0.1) is 11.6 Å². The van der Waals surface area contributed by atoms with Crippen molar-refractivity contribution < 1.29 is 18.3 Å². The fourth-order valence-corrected chi connectivity index (χ4v) is 7.44. The maximum atomic E-state index is 14.6. The molecular formula is C35H49F2N3O2. The lowest BCUT2D eigenvalue weighted by molar-refractivity contribution is -0.120. The van der Waals surface area contributed by atoms with E-state index in [1.807, 2.05) is 38.1 Å². The topological polar surface area (TPSA) is 44.8 Å². The summed E-state index contributed by atoms with van der Waals surface area (Å²) in [4.78, 5) is 19.0. The number of Topliss-reactive ketones (excluding diaryl/α,β-unsaturated/α-hetero) is 1. The molecular weight excluding hydrogens is 532 g/mol. The fourth-order valence-electron chi connectivity index (χ4n) is 7.44. The Balaban J connectivity index is 1.29. The molecule has 0 bridgehead atoms. The van der Waals surface area contributed by atoms with Gasteiger partial charge in [0.05, 0.1) is 12.1 Å². The predicted molar refractivity (Wildman–Crippen MR) is 164 cm³/mol. The Kier molecular flexibility index (Phi) is 10.7. The largest absolute Gasteiger partial charge is 0.491 e. The molecule has 0 aliphatic carbocycles. The van der Waals surface area contributed by atoms with Crippen LogP contribution in [-0.2, 0) is 16.6 Å². The molecule has 2 unspecified atom stereocenters. The highest BCUT2D eigenvalue weighted by Crippen LogP contribution is 2.40. The van der Waals surface area contributed by atoms with Crippen LogP contribution in [0.1, 0.15) is 82.8 Å². The minimum absolute atomic E-state index is 0.0618. The van der Waals surface area contributed by atoms with Crippen LogP contribution in [0.4, 0.5) is 8.78 Å². The second-order valence-corrected chi connectivity index (χ2v) is 13.1. The normalized spacial score (nSPS) is 24.9. The minimum Gasteiger partial charge on any atom is -0.491 e. The summed E-state index contributed by atoms with van der Waals surface area (Å²) in [6.07, 6.45) is 9.91. The third kappa shape index (κ3) is 7.97. The first-order valence-corrected chi connectivity index (χ1v) is 16.2. The Bertz CT molecular complexity index is 1180. The van der Waals surface area contributed by atoms with E-state index in [4.69, 9.17) is 4.74 Å². The van der Waals surface area contributed by atoms with Gasteiger partial charge in [-0.3, -0.25) is 4.79 Å². The number of piperidine rings is 2. The van der Waals surface area contributed by atoms with Gasteiger partial charge in [0.15, 0.2) is 17.4 Å². The molecule has 2 aromatic carbocycles. The van der Waals surface area contributed by atoms with E-state index in [-0.39, 0.29) is 17.9 Å². The van der Waals surface area contributed by atoms with Crippen molar-refractivity contribution in [1.29, 1.82) is 0 Å². The van der Waals surface area contributed by atoms with Gasteiger partial charge in [0.25, 0.3) is 0 Å². The molecule has 0 radical (unpaired) electrons. The fraction of sp³-hybridized carbons (Fsp3) is 0.629. The number of carbonyl (C=O) groups is 1. The summed E-state index contributed by atoms with van der Waals surface area (Å²) in [6, 6.07) is 12.5. The molecule has 2 aromatic rings. The van der Waals surface area contributed by atoms with Gasteiger partial charge < -0.3 is 19.9 Å². The summed E-state index contributed by atoms with van der Waals surface area (Å²) in [5, 5.41) is 3.51. The van der Waals surface area contributed by atoms with E-state index in [1.54, 1.807) is 6.07 Å². The van der Waals surface area contributed by atoms with E-state index in [1.165, 1.54) is 57.3 Å². The van der Waals surface area contributed by atoms with Crippen LogP contribution in [0.2, 0.25) is 0 Å². The standard InChI is InChI=1S/C35H49F2N3O2/c1-26(2)42-30-9-6-8-27(22-30)23-34(41)33-25-35(14-7-16-38-33,28-10-11-31(36)32(37)24-28)15-21-39-19-12-29(13-20-39)40-17-4-3-5-18-40/h6,8-11,22,24,26,29,33,38H,3-5,7,12-21,23,25H2,1-2H3. The van der Waals surface area contributed by atoms with E-state index in [0.717, 1.165) is 62.3 Å². The van der Waals surface area contributed by atoms with Gasteiger partial charge in [0.1, 0.15) is 5.75 Å². The second kappa shape index (κ2) is 14.4. The van der Waals surface area contributed by atoms with Gasteiger partial charge in [0, 0.05) is 12.5 Å². The monoisotopic (exact) mass is 581 g/mol. The number of carbonyl (C=O) groups excluding carboxylic acids is 1. The SMILES string of the molecule is CC(C)Oc1cccc(CC(=O)C2CC(CCN3CCC(N4CCCCC4)CC3)(c3ccc(F)c(F)c3)CCCN2)c1. The summed E-state index contributed by atoms with van der Waals surface area (Å²) in [6.45, 7) is 10.2. The van der Waals surface area contributed by atoms with E-state index >= 15 is 0 Å². The highest BCUT2D eigenvalue weighted by molar-refractivity contribution is 5.86. The summed E-state index contributed by atoms with van der Waals surface area (Å²) >= 11 is 0. The Labute approximate surface area is 251 Å². The molecule has 3 fully saturated rings. The molecule has 0 amide bonds. The molecule has 5 rings (SSSR count). The summed E-state index contributed by atoms with van der Waals surface area (Å²) in [7, 11) is 0. The summed E-state index contributed by atoms with van der Waals surface area (Å²) in [5.41, 5.74) is 1.35. The van der Waals surface area contributed by atoms with Crippen molar-refractivity contribution >= 4 is 5.78 Å². The average molecular weight is 582 g/mol. The number of hydrogen-bond acceptors (Lipinski definition) is 5. The van der Waals surface area contributed by atoms with Gasteiger partial charge in [-0.15, -0.1) is 0 Å².